The van der Waals surface area contributed by atoms with Gasteiger partial charge in [0, 0.05) is 24.1 Å². The molecule has 0 aliphatic carbocycles. The number of rotatable bonds is 3. The van der Waals surface area contributed by atoms with Crippen molar-refractivity contribution in [3.05, 3.63) is 83.0 Å². The molecule has 1 aliphatic heterocycles. The van der Waals surface area contributed by atoms with Gasteiger partial charge >= 0.3 is 0 Å². The number of benzene rings is 2. The molecule has 0 saturated heterocycles. The number of allylic oxidation sites excluding steroid dienone is 2. The number of anilines is 1. The van der Waals surface area contributed by atoms with Crippen LogP contribution in [-0.2, 0) is 6.54 Å². The van der Waals surface area contributed by atoms with Gasteiger partial charge in [-0.3, -0.25) is 0 Å². The summed E-state index contributed by atoms with van der Waals surface area (Å²) in [6.45, 7) is 3.07. The summed E-state index contributed by atoms with van der Waals surface area (Å²) < 4.78 is 2.23. The Labute approximate surface area is 163 Å². The zero-order chi connectivity index (χ0) is 18.8. The van der Waals surface area contributed by atoms with Gasteiger partial charge in [0.1, 0.15) is 12.6 Å². The third kappa shape index (κ3) is 3.11. The Morgan fingerprint density at radius 1 is 1.15 bits per heavy atom. The number of nitrogens with zero attached hydrogens (tertiary/aromatic N) is 3. The van der Waals surface area contributed by atoms with E-state index in [-0.39, 0.29) is 0 Å². The first-order chi connectivity index (χ1) is 13.2. The molecule has 0 fully saturated rings. The van der Waals surface area contributed by atoms with Crippen molar-refractivity contribution in [3.63, 3.8) is 0 Å². The second-order valence-corrected chi connectivity index (χ2v) is 7.40. The molecule has 132 valence electrons. The first kappa shape index (κ1) is 17.4. The predicted molar refractivity (Wildman–Crippen MR) is 112 cm³/mol. The van der Waals surface area contributed by atoms with E-state index in [2.05, 4.69) is 71.1 Å². The Kier molecular flexibility index (Phi) is 4.70. The number of fused-ring (bicyclic) bond motifs is 2. The SMILES string of the molecule is CC[n+]1ccc(/C=C/C(C#N)=C2/Sc3ccccc3N2C)c2ccccc21. The largest absolute Gasteiger partial charge is 0.337 e. The molecular formula is C23H20N3S+. The van der Waals surface area contributed by atoms with E-state index in [4.69, 9.17) is 0 Å². The Morgan fingerprint density at radius 3 is 2.70 bits per heavy atom. The van der Waals surface area contributed by atoms with E-state index in [1.165, 1.54) is 15.8 Å². The van der Waals surface area contributed by atoms with Gasteiger partial charge in [0.05, 0.1) is 21.7 Å². The first-order valence-corrected chi connectivity index (χ1v) is 9.79. The maximum Gasteiger partial charge on any atom is 0.213 e. The lowest BCUT2D eigenvalue weighted by Gasteiger charge is -2.13. The molecular weight excluding hydrogens is 350 g/mol. The Morgan fingerprint density at radius 2 is 1.93 bits per heavy atom. The van der Waals surface area contributed by atoms with Gasteiger partial charge in [-0.05, 0) is 36.8 Å². The van der Waals surface area contributed by atoms with Gasteiger partial charge in [-0.1, -0.05) is 42.1 Å². The molecule has 0 amide bonds. The highest BCUT2D eigenvalue weighted by atomic mass is 32.2. The smallest absolute Gasteiger partial charge is 0.213 e. The molecule has 0 saturated carbocycles. The second kappa shape index (κ2) is 7.30. The van der Waals surface area contributed by atoms with Crippen molar-refractivity contribution in [2.24, 2.45) is 0 Å². The fourth-order valence-electron chi connectivity index (χ4n) is 3.40. The van der Waals surface area contributed by atoms with Crippen LogP contribution >= 0.6 is 11.8 Å². The zero-order valence-corrected chi connectivity index (χ0v) is 16.2. The van der Waals surface area contributed by atoms with Crippen molar-refractivity contribution in [2.45, 2.75) is 18.4 Å². The quantitative estimate of drug-likeness (QED) is 0.473. The van der Waals surface area contributed by atoms with Crippen LogP contribution in [0.3, 0.4) is 0 Å². The fraction of sp³-hybridized carbons (Fsp3) is 0.130. The van der Waals surface area contributed by atoms with E-state index < -0.39 is 0 Å². The third-order valence-corrected chi connectivity index (χ3v) is 6.07. The van der Waals surface area contributed by atoms with E-state index in [0.717, 1.165) is 22.8 Å². The van der Waals surface area contributed by atoms with Crippen molar-refractivity contribution in [2.75, 3.05) is 11.9 Å². The molecule has 0 bridgehead atoms. The molecule has 0 radical (unpaired) electrons. The van der Waals surface area contributed by atoms with Crippen LogP contribution in [0.5, 0.6) is 0 Å². The lowest BCUT2D eigenvalue weighted by Crippen LogP contribution is -2.32. The number of nitriles is 1. The third-order valence-electron chi connectivity index (χ3n) is 4.82. The lowest BCUT2D eigenvalue weighted by atomic mass is 10.1. The molecule has 1 aromatic heterocycles. The van der Waals surface area contributed by atoms with Crippen LogP contribution in [0, 0.1) is 11.3 Å². The number of aryl methyl sites for hydroxylation is 1. The number of thioether (sulfide) groups is 1. The van der Waals surface area contributed by atoms with Crippen LogP contribution in [0.4, 0.5) is 5.69 Å². The molecule has 2 aromatic carbocycles. The summed E-state index contributed by atoms with van der Waals surface area (Å²) in [5.74, 6) is 0. The molecule has 0 unspecified atom stereocenters. The average Bonchev–Trinajstić information content (AvgIpc) is 3.05. The van der Waals surface area contributed by atoms with Crippen LogP contribution in [-0.4, -0.2) is 7.05 Å². The molecule has 0 atom stereocenters. The van der Waals surface area contributed by atoms with Gasteiger partial charge in [-0.25, -0.2) is 0 Å². The predicted octanol–water partition coefficient (Wildman–Crippen LogP) is 5.14. The number of pyridine rings is 1. The minimum Gasteiger partial charge on any atom is -0.337 e. The summed E-state index contributed by atoms with van der Waals surface area (Å²) in [6.07, 6.45) is 6.08. The highest BCUT2D eigenvalue weighted by Gasteiger charge is 2.23. The van der Waals surface area contributed by atoms with E-state index in [1.54, 1.807) is 11.8 Å². The Bertz CT molecular complexity index is 1120. The van der Waals surface area contributed by atoms with E-state index in [9.17, 15) is 5.26 Å². The minimum atomic E-state index is 0.676. The van der Waals surface area contributed by atoms with Crippen molar-refractivity contribution in [1.82, 2.24) is 0 Å². The van der Waals surface area contributed by atoms with E-state index >= 15 is 0 Å². The van der Waals surface area contributed by atoms with Crippen molar-refractivity contribution < 1.29 is 4.57 Å². The van der Waals surface area contributed by atoms with Crippen molar-refractivity contribution >= 4 is 34.4 Å². The van der Waals surface area contributed by atoms with Gasteiger partial charge in [0.2, 0.25) is 5.52 Å². The van der Waals surface area contributed by atoms with Crippen molar-refractivity contribution in [1.29, 1.82) is 5.26 Å². The molecule has 2 heterocycles. The minimum absolute atomic E-state index is 0.676. The van der Waals surface area contributed by atoms with Crippen LogP contribution in [0.2, 0.25) is 0 Å². The van der Waals surface area contributed by atoms with Crippen LogP contribution in [0.1, 0.15) is 12.5 Å². The van der Waals surface area contributed by atoms with Gasteiger partial charge in [0.25, 0.3) is 0 Å². The second-order valence-electron chi connectivity index (χ2n) is 6.37. The molecule has 1 aliphatic rings. The standard InChI is InChI=1S/C23H20N3S/c1-3-26-15-14-17(19-8-4-5-9-20(19)26)12-13-18(16-24)23-25(2)21-10-6-7-11-22(21)27-23/h4-15H,3H2,1-2H3/q+1. The topological polar surface area (TPSA) is 30.9 Å². The molecule has 0 spiro atoms. The molecule has 27 heavy (non-hydrogen) atoms. The summed E-state index contributed by atoms with van der Waals surface area (Å²) in [5, 5.41) is 11.9. The number of para-hydroxylation sites is 2. The van der Waals surface area contributed by atoms with Gasteiger partial charge in [0.15, 0.2) is 6.20 Å². The summed E-state index contributed by atoms with van der Waals surface area (Å²) in [5.41, 5.74) is 4.14. The maximum atomic E-state index is 9.75. The van der Waals surface area contributed by atoms with Gasteiger partial charge in [-0.2, -0.15) is 9.83 Å². The number of hydrogen-bond acceptors (Lipinski definition) is 3. The van der Waals surface area contributed by atoms with Crippen LogP contribution in [0.15, 0.2) is 82.4 Å². The van der Waals surface area contributed by atoms with Crippen molar-refractivity contribution in [3.8, 4) is 6.07 Å². The summed E-state index contributed by atoms with van der Waals surface area (Å²) in [7, 11) is 2.02. The average molecular weight is 371 g/mol. The number of aromatic nitrogens is 1. The normalized spacial score (nSPS) is 15.2. The highest BCUT2D eigenvalue weighted by Crippen LogP contribution is 2.46. The summed E-state index contributed by atoms with van der Waals surface area (Å²) in [4.78, 5) is 3.28. The molecule has 4 heteroatoms. The van der Waals surface area contributed by atoms with Crippen LogP contribution < -0.4 is 9.47 Å². The zero-order valence-electron chi connectivity index (χ0n) is 15.4. The Hall–Kier alpha value is -3.03. The lowest BCUT2D eigenvalue weighted by molar-refractivity contribution is -0.667. The fourth-order valence-corrected chi connectivity index (χ4v) is 4.52. The number of hydrogen-bond donors (Lipinski definition) is 0. The van der Waals surface area contributed by atoms with E-state index in [0.29, 0.717) is 5.57 Å². The van der Waals surface area contributed by atoms with Gasteiger partial charge in [-0.15, -0.1) is 0 Å². The monoisotopic (exact) mass is 370 g/mol. The van der Waals surface area contributed by atoms with Gasteiger partial charge < -0.3 is 4.90 Å². The maximum absolute atomic E-state index is 9.75. The first-order valence-electron chi connectivity index (χ1n) is 8.97. The van der Waals surface area contributed by atoms with Crippen LogP contribution in [0.25, 0.3) is 17.0 Å². The molecule has 4 rings (SSSR count). The Balaban J connectivity index is 1.75. The molecule has 0 N–H and O–H groups in total. The summed E-state index contributed by atoms with van der Waals surface area (Å²) in [6, 6.07) is 21.1. The molecule has 3 aromatic rings. The highest BCUT2D eigenvalue weighted by molar-refractivity contribution is 8.03. The van der Waals surface area contributed by atoms with E-state index in [1.807, 2.05) is 31.3 Å². The molecule has 3 nitrogen and oxygen atoms in total. The summed E-state index contributed by atoms with van der Waals surface area (Å²) >= 11 is 1.65.